The number of para-hydroxylation sites is 1. The number of ketones is 1. The molecule has 0 aliphatic carbocycles. The quantitative estimate of drug-likeness (QED) is 0.534. The third-order valence-electron chi connectivity index (χ3n) is 2.49. The molecule has 0 unspecified atom stereocenters. The number of carbonyl (C=O) groups is 1. The second kappa shape index (κ2) is 5.50. The summed E-state index contributed by atoms with van der Waals surface area (Å²) in [6.07, 6.45) is 1.77. The van der Waals surface area contributed by atoms with Crippen LogP contribution in [0.25, 0.3) is 0 Å². The van der Waals surface area contributed by atoms with Gasteiger partial charge in [0.25, 0.3) is 0 Å². The van der Waals surface area contributed by atoms with E-state index in [1.807, 2.05) is 0 Å². The largest absolute Gasteiger partial charge is 0.398 e. The number of rotatable bonds is 3. The molecule has 0 spiro atoms. The van der Waals surface area contributed by atoms with E-state index < -0.39 is 0 Å². The molecule has 0 aliphatic rings. The minimum absolute atomic E-state index is 0.0742. The lowest BCUT2D eigenvalue weighted by Crippen LogP contribution is -2.07. The summed E-state index contributed by atoms with van der Waals surface area (Å²) >= 11 is 9.25. The van der Waals surface area contributed by atoms with Crippen molar-refractivity contribution in [3.05, 3.63) is 57.3 Å². The molecule has 0 atom stereocenters. The van der Waals surface area contributed by atoms with E-state index >= 15 is 0 Å². The maximum atomic E-state index is 12.1. The van der Waals surface area contributed by atoms with E-state index in [1.54, 1.807) is 36.5 Å². The van der Waals surface area contributed by atoms with Crippen LogP contribution >= 0.6 is 27.5 Å². The van der Waals surface area contributed by atoms with Gasteiger partial charge in [-0.1, -0.05) is 23.7 Å². The first kappa shape index (κ1) is 13.1. The standard InChI is InChI=1S/C13H10BrClN2O/c14-9-5-8(13(15)17-7-9)6-12(18)10-3-1-2-4-11(10)16/h1-5,7H,6,16H2. The third kappa shape index (κ3) is 2.89. The van der Waals surface area contributed by atoms with E-state index in [-0.39, 0.29) is 12.2 Å². The van der Waals surface area contributed by atoms with Gasteiger partial charge in [-0.05, 0) is 39.7 Å². The number of Topliss-reactive ketones (excluding diaryl/α,β-unsaturated/α-hetero) is 1. The van der Waals surface area contributed by atoms with Gasteiger partial charge in [0.15, 0.2) is 5.78 Å². The topological polar surface area (TPSA) is 56.0 Å². The Bertz CT molecular complexity index is 601. The predicted octanol–water partition coefficient (Wildman–Crippen LogP) is 3.51. The molecule has 1 heterocycles. The smallest absolute Gasteiger partial charge is 0.169 e. The van der Waals surface area contributed by atoms with E-state index in [0.717, 1.165) is 4.47 Å². The van der Waals surface area contributed by atoms with Crippen LogP contribution in [-0.2, 0) is 6.42 Å². The monoisotopic (exact) mass is 324 g/mol. The number of aromatic nitrogens is 1. The summed E-state index contributed by atoms with van der Waals surface area (Å²) in [4.78, 5) is 16.1. The molecule has 18 heavy (non-hydrogen) atoms. The fourth-order valence-electron chi connectivity index (χ4n) is 1.61. The summed E-state index contributed by atoms with van der Waals surface area (Å²) in [5, 5.41) is 0.334. The zero-order valence-corrected chi connectivity index (χ0v) is 11.7. The molecule has 0 saturated carbocycles. The lowest BCUT2D eigenvalue weighted by atomic mass is 10.0. The fraction of sp³-hybridized carbons (Fsp3) is 0.0769. The average Bonchev–Trinajstić information content (AvgIpc) is 2.34. The van der Waals surface area contributed by atoms with Crippen LogP contribution in [0.5, 0.6) is 0 Å². The number of nitrogen functional groups attached to an aromatic ring is 1. The van der Waals surface area contributed by atoms with Gasteiger partial charge < -0.3 is 5.73 Å². The number of hydrogen-bond donors (Lipinski definition) is 1. The first-order chi connectivity index (χ1) is 8.58. The normalized spacial score (nSPS) is 10.3. The molecular weight excluding hydrogens is 316 g/mol. The molecule has 1 aromatic heterocycles. The van der Waals surface area contributed by atoms with Crippen molar-refractivity contribution in [2.45, 2.75) is 6.42 Å². The highest BCUT2D eigenvalue weighted by Gasteiger charge is 2.12. The van der Waals surface area contributed by atoms with Crippen molar-refractivity contribution in [2.75, 3.05) is 5.73 Å². The van der Waals surface area contributed by atoms with Gasteiger partial charge in [-0.15, -0.1) is 0 Å². The zero-order valence-electron chi connectivity index (χ0n) is 9.36. The van der Waals surface area contributed by atoms with E-state index in [9.17, 15) is 4.79 Å². The van der Waals surface area contributed by atoms with Crippen molar-refractivity contribution >= 4 is 39.0 Å². The second-order valence-electron chi connectivity index (χ2n) is 3.79. The van der Waals surface area contributed by atoms with Gasteiger partial charge >= 0.3 is 0 Å². The number of benzene rings is 1. The molecule has 3 nitrogen and oxygen atoms in total. The summed E-state index contributed by atoms with van der Waals surface area (Å²) in [7, 11) is 0. The highest BCUT2D eigenvalue weighted by Crippen LogP contribution is 2.21. The van der Waals surface area contributed by atoms with E-state index in [1.165, 1.54) is 0 Å². The molecule has 2 aromatic rings. The number of anilines is 1. The van der Waals surface area contributed by atoms with E-state index in [4.69, 9.17) is 17.3 Å². The zero-order chi connectivity index (χ0) is 13.1. The van der Waals surface area contributed by atoms with Crippen molar-refractivity contribution < 1.29 is 4.79 Å². The molecule has 0 amide bonds. The average molecular weight is 326 g/mol. The number of hydrogen-bond acceptors (Lipinski definition) is 3. The maximum Gasteiger partial charge on any atom is 0.169 e. The van der Waals surface area contributed by atoms with Crippen molar-refractivity contribution in [1.82, 2.24) is 4.98 Å². The molecule has 0 fully saturated rings. The van der Waals surface area contributed by atoms with Crippen molar-refractivity contribution in [2.24, 2.45) is 0 Å². The van der Waals surface area contributed by atoms with Crippen LogP contribution in [0, 0.1) is 0 Å². The number of nitrogens with zero attached hydrogens (tertiary/aromatic N) is 1. The van der Waals surface area contributed by atoms with Crippen molar-refractivity contribution in [3.63, 3.8) is 0 Å². The molecule has 2 N–H and O–H groups in total. The Labute approximate surface area is 118 Å². The number of carbonyl (C=O) groups excluding carboxylic acids is 1. The first-order valence-corrected chi connectivity index (χ1v) is 6.42. The maximum absolute atomic E-state index is 12.1. The van der Waals surface area contributed by atoms with Gasteiger partial charge in [0.2, 0.25) is 0 Å². The Balaban J connectivity index is 2.27. The molecule has 2 rings (SSSR count). The van der Waals surface area contributed by atoms with Gasteiger partial charge in [0.1, 0.15) is 5.15 Å². The lowest BCUT2D eigenvalue weighted by molar-refractivity contribution is 0.0993. The molecular formula is C13H10BrClN2O. The van der Waals surface area contributed by atoms with Crippen LogP contribution in [0.2, 0.25) is 5.15 Å². The Kier molecular flexibility index (Phi) is 3.99. The molecule has 92 valence electrons. The van der Waals surface area contributed by atoms with Crippen LogP contribution in [0.15, 0.2) is 41.0 Å². The van der Waals surface area contributed by atoms with Crippen molar-refractivity contribution in [1.29, 1.82) is 0 Å². The van der Waals surface area contributed by atoms with E-state index in [0.29, 0.717) is 22.0 Å². The molecule has 0 aliphatic heterocycles. The predicted molar refractivity (Wildman–Crippen MR) is 75.8 cm³/mol. The van der Waals surface area contributed by atoms with Crippen LogP contribution in [0.3, 0.4) is 0 Å². The lowest BCUT2D eigenvalue weighted by Gasteiger charge is -2.06. The Morgan fingerprint density at radius 3 is 2.83 bits per heavy atom. The fourth-order valence-corrected chi connectivity index (χ4v) is 2.16. The van der Waals surface area contributed by atoms with Gasteiger partial charge in [0.05, 0.1) is 0 Å². The molecule has 0 radical (unpaired) electrons. The SMILES string of the molecule is Nc1ccccc1C(=O)Cc1cc(Br)cnc1Cl. The number of nitrogens with two attached hydrogens (primary N) is 1. The summed E-state index contributed by atoms with van der Waals surface area (Å²) in [6.45, 7) is 0. The second-order valence-corrected chi connectivity index (χ2v) is 5.06. The highest BCUT2D eigenvalue weighted by molar-refractivity contribution is 9.10. The minimum atomic E-state index is -0.0742. The number of pyridine rings is 1. The van der Waals surface area contributed by atoms with Gasteiger partial charge in [-0.3, -0.25) is 4.79 Å². The summed E-state index contributed by atoms with van der Waals surface area (Å²) in [6, 6.07) is 8.77. The Morgan fingerprint density at radius 2 is 2.11 bits per heavy atom. The highest BCUT2D eigenvalue weighted by atomic mass is 79.9. The molecule has 5 heteroatoms. The van der Waals surface area contributed by atoms with Crippen LogP contribution in [-0.4, -0.2) is 10.8 Å². The van der Waals surface area contributed by atoms with Crippen LogP contribution < -0.4 is 5.73 Å². The molecule has 0 bridgehead atoms. The Hall–Kier alpha value is -1.39. The summed E-state index contributed by atoms with van der Waals surface area (Å²) in [5.41, 5.74) is 7.43. The van der Waals surface area contributed by atoms with Crippen LogP contribution in [0.4, 0.5) is 5.69 Å². The number of halogens is 2. The Morgan fingerprint density at radius 1 is 1.39 bits per heavy atom. The van der Waals surface area contributed by atoms with E-state index in [2.05, 4.69) is 20.9 Å². The first-order valence-electron chi connectivity index (χ1n) is 5.25. The van der Waals surface area contributed by atoms with Gasteiger partial charge in [-0.25, -0.2) is 4.98 Å². The summed E-state index contributed by atoms with van der Waals surface area (Å²) < 4.78 is 0.788. The summed E-state index contributed by atoms with van der Waals surface area (Å²) in [5.74, 6) is -0.0742. The molecule has 0 saturated heterocycles. The minimum Gasteiger partial charge on any atom is -0.398 e. The van der Waals surface area contributed by atoms with Gasteiger partial charge in [-0.2, -0.15) is 0 Å². The van der Waals surface area contributed by atoms with Gasteiger partial charge in [0, 0.05) is 28.3 Å². The van der Waals surface area contributed by atoms with Crippen molar-refractivity contribution in [3.8, 4) is 0 Å². The third-order valence-corrected chi connectivity index (χ3v) is 3.26. The van der Waals surface area contributed by atoms with Crippen LogP contribution in [0.1, 0.15) is 15.9 Å². The molecule has 1 aromatic carbocycles.